The highest BCUT2D eigenvalue weighted by Gasteiger charge is 2.16. The summed E-state index contributed by atoms with van der Waals surface area (Å²) in [5, 5.41) is 7.86. The second-order valence-corrected chi connectivity index (χ2v) is 6.16. The third-order valence-electron chi connectivity index (χ3n) is 2.71. The van der Waals surface area contributed by atoms with Crippen molar-refractivity contribution in [2.45, 2.75) is 11.4 Å². The summed E-state index contributed by atoms with van der Waals surface area (Å²) in [5.41, 5.74) is 0.640. The number of nitrogens with one attached hydrogen (secondary N) is 1. The average Bonchev–Trinajstić information content (AvgIpc) is 2.89. The van der Waals surface area contributed by atoms with E-state index in [1.807, 2.05) is 6.07 Å². The van der Waals surface area contributed by atoms with Gasteiger partial charge < -0.3 is 0 Å². The van der Waals surface area contributed by atoms with E-state index >= 15 is 0 Å². The Hall–Kier alpha value is -2.10. The van der Waals surface area contributed by atoms with Crippen LogP contribution in [0.15, 0.2) is 41.7 Å². The van der Waals surface area contributed by atoms with E-state index in [0.717, 1.165) is 12.4 Å². The highest BCUT2D eigenvalue weighted by Crippen LogP contribution is 2.09. The maximum atomic E-state index is 12.1. The van der Waals surface area contributed by atoms with Crippen molar-refractivity contribution >= 4 is 27.3 Å². The first-order chi connectivity index (χ1) is 10.1. The Morgan fingerprint density at radius 3 is 2.71 bits per heavy atom. The van der Waals surface area contributed by atoms with Gasteiger partial charge in [0.2, 0.25) is 15.3 Å². The third kappa shape index (κ3) is 2.84. The van der Waals surface area contributed by atoms with Gasteiger partial charge in [-0.25, -0.2) is 23.1 Å². The molecule has 0 radical (unpaired) electrons. The van der Waals surface area contributed by atoms with E-state index in [0.29, 0.717) is 11.5 Å². The monoisotopic (exact) mass is 324 g/mol. The van der Waals surface area contributed by atoms with E-state index in [1.165, 1.54) is 0 Å². The molecule has 0 atom stereocenters. The molecule has 3 heterocycles. The smallest absolute Gasteiger partial charge is 0.244 e. The number of sulfonamides is 1. The number of pyridine rings is 1. The van der Waals surface area contributed by atoms with Gasteiger partial charge in [0, 0.05) is 6.20 Å². The molecule has 108 valence electrons. The van der Waals surface area contributed by atoms with E-state index in [4.69, 9.17) is 11.6 Å². The lowest BCUT2D eigenvalue weighted by atomic mass is 10.5. The molecule has 10 heteroatoms. The Kier molecular flexibility index (Phi) is 3.53. The number of hydrogen-bond acceptors (Lipinski definition) is 6. The maximum Gasteiger partial charge on any atom is 0.244 e. The Morgan fingerprint density at radius 2 is 1.95 bits per heavy atom. The van der Waals surface area contributed by atoms with Gasteiger partial charge >= 0.3 is 0 Å². The lowest BCUT2D eigenvalue weighted by Gasteiger charge is -2.05. The molecule has 0 bridgehead atoms. The fourth-order valence-corrected chi connectivity index (χ4v) is 2.66. The van der Waals surface area contributed by atoms with Crippen molar-refractivity contribution in [2.24, 2.45) is 0 Å². The Morgan fingerprint density at radius 1 is 1.19 bits per heavy atom. The van der Waals surface area contributed by atoms with Crippen LogP contribution in [0.3, 0.4) is 0 Å². The van der Waals surface area contributed by atoms with Gasteiger partial charge in [0.25, 0.3) is 0 Å². The van der Waals surface area contributed by atoms with Gasteiger partial charge in [-0.05, 0) is 23.7 Å². The highest BCUT2D eigenvalue weighted by molar-refractivity contribution is 7.89. The first-order valence-electron chi connectivity index (χ1n) is 5.82. The van der Waals surface area contributed by atoms with Crippen LogP contribution in [0.1, 0.15) is 5.82 Å². The minimum absolute atomic E-state index is 0.00383. The molecule has 0 aromatic carbocycles. The summed E-state index contributed by atoms with van der Waals surface area (Å²) in [4.78, 5) is 7.22. The van der Waals surface area contributed by atoms with Gasteiger partial charge in [-0.1, -0.05) is 6.07 Å². The number of halogens is 1. The molecule has 0 aliphatic heterocycles. The van der Waals surface area contributed by atoms with Crippen LogP contribution in [0.4, 0.5) is 0 Å². The average molecular weight is 325 g/mol. The van der Waals surface area contributed by atoms with Crippen LogP contribution in [0.25, 0.3) is 5.65 Å². The fraction of sp³-hybridized carbons (Fsp3) is 0.0909. The molecule has 0 aliphatic rings. The van der Waals surface area contributed by atoms with Crippen LogP contribution in [0.2, 0.25) is 5.28 Å². The predicted octanol–water partition coefficient (Wildman–Crippen LogP) is 0.651. The zero-order valence-electron chi connectivity index (χ0n) is 10.5. The molecule has 0 saturated carbocycles. The number of fused-ring (bicyclic) bond motifs is 1. The Labute approximate surface area is 124 Å². The molecule has 1 N–H and O–H groups in total. The van der Waals surface area contributed by atoms with Crippen LogP contribution >= 0.6 is 11.6 Å². The van der Waals surface area contributed by atoms with Crippen LogP contribution < -0.4 is 4.72 Å². The zero-order valence-corrected chi connectivity index (χ0v) is 12.1. The summed E-state index contributed by atoms with van der Waals surface area (Å²) in [6.45, 7) is -0.00383. The van der Waals surface area contributed by atoms with Gasteiger partial charge in [0.1, 0.15) is 4.90 Å². The molecule has 8 nitrogen and oxygen atoms in total. The van der Waals surface area contributed by atoms with Crippen molar-refractivity contribution in [3.63, 3.8) is 0 Å². The van der Waals surface area contributed by atoms with Gasteiger partial charge in [0.15, 0.2) is 11.5 Å². The minimum Gasteiger partial charge on any atom is -0.285 e. The molecule has 0 fully saturated rings. The zero-order chi connectivity index (χ0) is 14.9. The molecule has 0 spiro atoms. The maximum absolute atomic E-state index is 12.1. The molecule has 3 aromatic rings. The first kappa shape index (κ1) is 13.9. The molecule has 0 unspecified atom stereocenters. The molecular formula is C11H9ClN6O2S. The molecule has 3 aromatic heterocycles. The van der Waals surface area contributed by atoms with Crippen molar-refractivity contribution in [3.05, 3.63) is 47.9 Å². The van der Waals surface area contributed by atoms with Gasteiger partial charge in [-0.15, -0.1) is 10.2 Å². The molecule has 21 heavy (non-hydrogen) atoms. The molecule has 0 saturated heterocycles. The second kappa shape index (κ2) is 5.35. The van der Waals surface area contributed by atoms with Crippen molar-refractivity contribution in [2.75, 3.05) is 0 Å². The van der Waals surface area contributed by atoms with Crippen molar-refractivity contribution in [1.82, 2.24) is 29.3 Å². The minimum atomic E-state index is -3.74. The SMILES string of the molecule is O=S(=O)(NCc1nnc2ccccn12)c1cnc(Cl)nc1. The van der Waals surface area contributed by atoms with Crippen molar-refractivity contribution in [3.8, 4) is 0 Å². The van der Waals surface area contributed by atoms with E-state index in [9.17, 15) is 8.42 Å². The van der Waals surface area contributed by atoms with Crippen molar-refractivity contribution in [1.29, 1.82) is 0 Å². The summed E-state index contributed by atoms with van der Waals surface area (Å²) >= 11 is 5.53. The fourth-order valence-electron chi connectivity index (χ4n) is 1.69. The largest absolute Gasteiger partial charge is 0.285 e. The molecule has 0 aliphatic carbocycles. The van der Waals surface area contributed by atoms with Crippen LogP contribution in [0.5, 0.6) is 0 Å². The standard InChI is InChI=1S/C11H9ClN6O2S/c12-11-13-5-8(6-14-11)21(19,20)15-7-10-17-16-9-3-1-2-4-18(9)10/h1-6,15H,7H2. The van der Waals surface area contributed by atoms with Gasteiger partial charge in [-0.3, -0.25) is 4.40 Å². The highest BCUT2D eigenvalue weighted by atomic mass is 35.5. The quantitative estimate of drug-likeness (QED) is 0.707. The number of aromatic nitrogens is 5. The molecule has 3 rings (SSSR count). The van der Waals surface area contributed by atoms with Crippen LogP contribution in [0, 0.1) is 0 Å². The summed E-state index contributed by atoms with van der Waals surface area (Å²) in [7, 11) is -3.74. The normalized spacial score (nSPS) is 11.9. The Bertz CT molecular complexity index is 877. The van der Waals surface area contributed by atoms with Gasteiger partial charge in [-0.2, -0.15) is 0 Å². The van der Waals surface area contributed by atoms with E-state index in [2.05, 4.69) is 24.9 Å². The van der Waals surface area contributed by atoms with E-state index in [1.54, 1.807) is 22.7 Å². The summed E-state index contributed by atoms with van der Waals surface area (Å²) in [5.74, 6) is 0.476. The lowest BCUT2D eigenvalue weighted by Crippen LogP contribution is -2.24. The van der Waals surface area contributed by atoms with Gasteiger partial charge in [0.05, 0.1) is 18.9 Å². The predicted molar refractivity (Wildman–Crippen MR) is 74.1 cm³/mol. The lowest BCUT2D eigenvalue weighted by molar-refractivity contribution is 0.578. The number of hydrogen-bond donors (Lipinski definition) is 1. The number of rotatable bonds is 4. The third-order valence-corrected chi connectivity index (χ3v) is 4.26. The van der Waals surface area contributed by atoms with E-state index in [-0.39, 0.29) is 16.7 Å². The summed E-state index contributed by atoms with van der Waals surface area (Å²) in [6, 6.07) is 5.41. The summed E-state index contributed by atoms with van der Waals surface area (Å²) in [6.07, 6.45) is 4.03. The van der Waals surface area contributed by atoms with Crippen molar-refractivity contribution < 1.29 is 8.42 Å². The summed E-state index contributed by atoms with van der Waals surface area (Å²) < 4.78 is 28.3. The topological polar surface area (TPSA) is 102 Å². The first-order valence-corrected chi connectivity index (χ1v) is 7.68. The number of nitrogens with zero attached hydrogens (tertiary/aromatic N) is 5. The second-order valence-electron chi connectivity index (χ2n) is 4.06. The van der Waals surface area contributed by atoms with Crippen LogP contribution in [-0.2, 0) is 16.6 Å². The van der Waals surface area contributed by atoms with Crippen LogP contribution in [-0.4, -0.2) is 33.0 Å². The molecular weight excluding hydrogens is 316 g/mol. The Balaban J connectivity index is 1.82. The van der Waals surface area contributed by atoms with E-state index < -0.39 is 10.0 Å². The molecule has 0 amide bonds.